The van der Waals surface area contributed by atoms with Gasteiger partial charge in [0.1, 0.15) is 5.25 Å². The summed E-state index contributed by atoms with van der Waals surface area (Å²) >= 11 is 5.15. The Morgan fingerprint density at radius 1 is 1.26 bits per heavy atom. The Hall–Kier alpha value is -1.22. The van der Waals surface area contributed by atoms with E-state index in [9.17, 15) is 4.79 Å². The lowest BCUT2D eigenvalue weighted by molar-refractivity contribution is 0.0738. The third-order valence-corrected chi connectivity index (χ3v) is 7.03. The van der Waals surface area contributed by atoms with Crippen LogP contribution in [0.25, 0.3) is 0 Å². The van der Waals surface area contributed by atoms with Crippen molar-refractivity contribution in [2.75, 3.05) is 32.7 Å². The third kappa shape index (κ3) is 3.72. The smallest absolute Gasteiger partial charge is 0.264 e. The maximum absolute atomic E-state index is 13.2. The van der Waals surface area contributed by atoms with E-state index in [1.165, 1.54) is 10.2 Å². The van der Waals surface area contributed by atoms with Gasteiger partial charge in [0, 0.05) is 37.1 Å². The maximum atomic E-state index is 13.2. The van der Waals surface area contributed by atoms with Crippen LogP contribution in [0.4, 0.5) is 0 Å². The second-order valence-corrected chi connectivity index (χ2v) is 8.95. The van der Waals surface area contributed by atoms with E-state index in [1.54, 1.807) is 11.8 Å². The molecule has 2 unspecified atom stereocenters. The van der Waals surface area contributed by atoms with E-state index >= 15 is 0 Å². The van der Waals surface area contributed by atoms with Gasteiger partial charge in [0.05, 0.1) is 6.04 Å². The van der Waals surface area contributed by atoms with Gasteiger partial charge in [0.25, 0.3) is 5.91 Å². The molecule has 3 heterocycles. The normalized spacial score (nSPS) is 22.2. The monoisotopic (exact) mass is 449 g/mol. The van der Waals surface area contributed by atoms with Gasteiger partial charge in [-0.05, 0) is 24.2 Å². The van der Waals surface area contributed by atoms with E-state index < -0.39 is 0 Å². The fourth-order valence-corrected chi connectivity index (χ4v) is 5.51. The number of likely N-dealkylation sites (N-methyl/N-ethyl adjacent to an activating group) is 1. The molecule has 1 aromatic carbocycles. The lowest BCUT2D eigenvalue weighted by Crippen LogP contribution is -2.50. The molecule has 0 spiro atoms. The quantitative estimate of drug-likeness (QED) is 0.698. The minimum Gasteiger partial charge on any atom is -0.301 e. The SMILES string of the molecule is CCc1nc2n(n1)C(=O)C(C(c1cccc(Br)c1)N1CCN(CC)CC1)S2. The molecule has 0 N–H and O–H groups in total. The lowest BCUT2D eigenvalue weighted by Gasteiger charge is -2.40. The minimum absolute atomic E-state index is 0.0209. The van der Waals surface area contributed by atoms with Gasteiger partial charge in [0.15, 0.2) is 11.0 Å². The van der Waals surface area contributed by atoms with Gasteiger partial charge in [-0.3, -0.25) is 9.69 Å². The summed E-state index contributed by atoms with van der Waals surface area (Å²) in [5.41, 5.74) is 1.17. The summed E-state index contributed by atoms with van der Waals surface area (Å²) in [5, 5.41) is 4.92. The average molecular weight is 450 g/mol. The van der Waals surface area contributed by atoms with Crippen molar-refractivity contribution in [3.8, 4) is 0 Å². The van der Waals surface area contributed by atoms with Crippen LogP contribution in [0.1, 0.15) is 36.1 Å². The first-order valence-electron chi connectivity index (χ1n) is 9.49. The Morgan fingerprint density at radius 2 is 2.04 bits per heavy atom. The van der Waals surface area contributed by atoms with Crippen molar-refractivity contribution in [1.82, 2.24) is 24.6 Å². The van der Waals surface area contributed by atoms with Crippen LogP contribution in [0, 0.1) is 0 Å². The van der Waals surface area contributed by atoms with Crippen LogP contribution in [0.3, 0.4) is 0 Å². The molecule has 27 heavy (non-hydrogen) atoms. The summed E-state index contributed by atoms with van der Waals surface area (Å²) in [6.45, 7) is 9.29. The first-order chi connectivity index (χ1) is 13.1. The molecule has 0 bridgehead atoms. The van der Waals surface area contributed by atoms with Gasteiger partial charge in [-0.25, -0.2) is 4.98 Å². The molecule has 1 saturated heterocycles. The first-order valence-corrected chi connectivity index (χ1v) is 11.2. The molecule has 2 atom stereocenters. The summed E-state index contributed by atoms with van der Waals surface area (Å²) < 4.78 is 2.55. The molecule has 1 fully saturated rings. The van der Waals surface area contributed by atoms with Crippen molar-refractivity contribution >= 4 is 33.6 Å². The predicted molar refractivity (Wildman–Crippen MR) is 110 cm³/mol. The Bertz CT molecular complexity index is 833. The summed E-state index contributed by atoms with van der Waals surface area (Å²) in [7, 11) is 0. The minimum atomic E-state index is -0.214. The van der Waals surface area contributed by atoms with E-state index in [0.29, 0.717) is 0 Å². The summed E-state index contributed by atoms with van der Waals surface area (Å²) in [5.74, 6) is 0.782. The first kappa shape index (κ1) is 19.1. The maximum Gasteiger partial charge on any atom is 0.264 e. The number of carbonyl (C=O) groups is 1. The number of halogens is 1. The average Bonchev–Trinajstić information content (AvgIpc) is 3.22. The zero-order chi connectivity index (χ0) is 19.0. The summed E-state index contributed by atoms with van der Waals surface area (Å²) in [6, 6.07) is 8.36. The Morgan fingerprint density at radius 3 is 2.67 bits per heavy atom. The molecule has 6 nitrogen and oxygen atoms in total. The number of aryl methyl sites for hydroxylation is 1. The number of aromatic nitrogens is 3. The molecule has 4 rings (SSSR count). The van der Waals surface area contributed by atoms with Gasteiger partial charge in [-0.1, -0.05) is 53.7 Å². The molecule has 2 aliphatic rings. The highest BCUT2D eigenvalue weighted by atomic mass is 79.9. The van der Waals surface area contributed by atoms with Crippen LogP contribution in [-0.4, -0.2) is 68.4 Å². The van der Waals surface area contributed by atoms with E-state index in [0.717, 1.165) is 54.6 Å². The number of rotatable bonds is 5. The number of hydrogen-bond donors (Lipinski definition) is 0. The van der Waals surface area contributed by atoms with Gasteiger partial charge in [-0.2, -0.15) is 4.68 Å². The molecule has 0 aliphatic carbocycles. The standard InChI is InChI=1S/C19H24BrN5OS/c1-3-15-21-19-25(22-15)18(26)17(27-19)16(13-6-5-7-14(20)12-13)24-10-8-23(4-2)9-11-24/h5-7,12,16-17H,3-4,8-11H2,1-2H3. The number of benzene rings is 1. The van der Waals surface area contributed by atoms with E-state index in [2.05, 4.69) is 54.9 Å². The highest BCUT2D eigenvalue weighted by Gasteiger charge is 2.43. The summed E-state index contributed by atoms with van der Waals surface area (Å²) in [4.78, 5) is 22.6. The Labute approximate surface area is 172 Å². The van der Waals surface area contributed by atoms with Crippen molar-refractivity contribution < 1.29 is 4.79 Å². The number of fused-ring (bicyclic) bond motifs is 1. The molecule has 0 radical (unpaired) electrons. The molecule has 2 aromatic rings. The second kappa shape index (κ2) is 8.03. The van der Waals surface area contributed by atoms with Crippen LogP contribution < -0.4 is 0 Å². The van der Waals surface area contributed by atoms with Crippen LogP contribution >= 0.6 is 27.7 Å². The number of piperazine rings is 1. The van der Waals surface area contributed by atoms with Gasteiger partial charge >= 0.3 is 0 Å². The zero-order valence-electron chi connectivity index (χ0n) is 15.6. The third-order valence-electron chi connectivity index (χ3n) is 5.35. The van der Waals surface area contributed by atoms with Crippen LogP contribution in [0.5, 0.6) is 0 Å². The van der Waals surface area contributed by atoms with E-state index in [4.69, 9.17) is 0 Å². The topological polar surface area (TPSA) is 54.3 Å². The molecule has 2 aliphatic heterocycles. The Kier molecular flexibility index (Phi) is 5.68. The molecule has 144 valence electrons. The largest absolute Gasteiger partial charge is 0.301 e. The molecular formula is C19H24BrN5OS. The molecule has 0 saturated carbocycles. The molecule has 0 amide bonds. The summed E-state index contributed by atoms with van der Waals surface area (Å²) in [6.07, 6.45) is 0.743. The molecular weight excluding hydrogens is 426 g/mol. The predicted octanol–water partition coefficient (Wildman–Crippen LogP) is 3.10. The highest BCUT2D eigenvalue weighted by molar-refractivity contribution is 9.10. The van der Waals surface area contributed by atoms with Gasteiger partial charge < -0.3 is 4.90 Å². The molecule has 1 aromatic heterocycles. The number of carbonyl (C=O) groups excluding carboxylic acids is 1. The van der Waals surface area contributed by atoms with Crippen molar-refractivity contribution in [3.63, 3.8) is 0 Å². The number of hydrogen-bond acceptors (Lipinski definition) is 6. The van der Waals surface area contributed by atoms with Crippen molar-refractivity contribution in [2.24, 2.45) is 0 Å². The second-order valence-electron chi connectivity index (χ2n) is 6.92. The van der Waals surface area contributed by atoms with Crippen LogP contribution in [0.15, 0.2) is 33.9 Å². The van der Waals surface area contributed by atoms with Gasteiger partial charge in [-0.15, -0.1) is 5.10 Å². The lowest BCUT2D eigenvalue weighted by atomic mass is 10.00. The van der Waals surface area contributed by atoms with Crippen LogP contribution in [0.2, 0.25) is 0 Å². The molecule has 8 heteroatoms. The zero-order valence-corrected chi connectivity index (χ0v) is 18.0. The van der Waals surface area contributed by atoms with Crippen molar-refractivity contribution in [2.45, 2.75) is 36.7 Å². The fourth-order valence-electron chi connectivity index (χ4n) is 3.82. The highest BCUT2D eigenvalue weighted by Crippen LogP contribution is 2.41. The van der Waals surface area contributed by atoms with Crippen LogP contribution in [-0.2, 0) is 6.42 Å². The van der Waals surface area contributed by atoms with E-state index in [-0.39, 0.29) is 17.2 Å². The van der Waals surface area contributed by atoms with Crippen molar-refractivity contribution in [1.29, 1.82) is 0 Å². The number of nitrogens with zero attached hydrogens (tertiary/aromatic N) is 5. The van der Waals surface area contributed by atoms with Crippen molar-refractivity contribution in [3.05, 3.63) is 40.1 Å². The number of thioether (sulfide) groups is 1. The Balaban J connectivity index is 1.64. The fraction of sp³-hybridized carbons (Fsp3) is 0.526. The van der Waals surface area contributed by atoms with Gasteiger partial charge in [0.2, 0.25) is 0 Å². The van der Waals surface area contributed by atoms with E-state index in [1.807, 2.05) is 19.1 Å².